The van der Waals surface area contributed by atoms with Crippen molar-refractivity contribution in [2.75, 3.05) is 6.54 Å². The summed E-state index contributed by atoms with van der Waals surface area (Å²) in [7, 11) is 0. The van der Waals surface area contributed by atoms with Gasteiger partial charge in [-0.1, -0.05) is 19.9 Å². The molecule has 2 heteroatoms. The molecule has 1 aromatic rings. The van der Waals surface area contributed by atoms with E-state index >= 15 is 0 Å². The van der Waals surface area contributed by atoms with Gasteiger partial charge in [-0.2, -0.15) is 0 Å². The van der Waals surface area contributed by atoms with Gasteiger partial charge in [-0.25, -0.2) is 0 Å². The van der Waals surface area contributed by atoms with Crippen LogP contribution in [-0.2, 0) is 6.42 Å². The minimum absolute atomic E-state index is 0.409. The van der Waals surface area contributed by atoms with Gasteiger partial charge in [0, 0.05) is 18.0 Å². The van der Waals surface area contributed by atoms with Gasteiger partial charge in [0.1, 0.15) is 5.76 Å². The van der Waals surface area contributed by atoms with E-state index in [0.29, 0.717) is 6.04 Å². The first-order valence-corrected chi connectivity index (χ1v) is 6.24. The molecule has 90 valence electrons. The van der Waals surface area contributed by atoms with Crippen molar-refractivity contribution >= 4 is 0 Å². The Balaban J connectivity index is 2.69. The summed E-state index contributed by atoms with van der Waals surface area (Å²) in [6, 6.07) is 2.50. The average molecular weight is 221 g/mol. The van der Waals surface area contributed by atoms with Crippen LogP contribution in [0.3, 0.4) is 0 Å². The molecule has 1 unspecified atom stereocenters. The summed E-state index contributed by atoms with van der Waals surface area (Å²) in [4.78, 5) is 0. The Hall–Kier alpha value is -1.02. The summed E-state index contributed by atoms with van der Waals surface area (Å²) in [5.74, 6) is 1.11. The van der Waals surface area contributed by atoms with Crippen LogP contribution in [0.25, 0.3) is 0 Å². The molecule has 0 aliphatic rings. The molecule has 16 heavy (non-hydrogen) atoms. The summed E-state index contributed by atoms with van der Waals surface area (Å²) >= 11 is 0. The summed E-state index contributed by atoms with van der Waals surface area (Å²) in [5.41, 5.74) is 1.32. The number of hydrogen-bond donors (Lipinski definition) is 1. The molecule has 0 aliphatic carbocycles. The third-order valence-electron chi connectivity index (χ3n) is 2.78. The fraction of sp³-hybridized carbons (Fsp3) is 0.571. The van der Waals surface area contributed by atoms with Gasteiger partial charge in [-0.3, -0.25) is 0 Å². The summed E-state index contributed by atoms with van der Waals surface area (Å²) in [6.07, 6.45) is 8.02. The van der Waals surface area contributed by atoms with Gasteiger partial charge in [0.2, 0.25) is 0 Å². The smallest absolute Gasteiger partial charge is 0.108 e. The second-order valence-corrected chi connectivity index (χ2v) is 4.03. The Morgan fingerprint density at radius 2 is 2.31 bits per heavy atom. The number of nitrogens with one attached hydrogen (secondary N) is 1. The van der Waals surface area contributed by atoms with Crippen molar-refractivity contribution in [1.29, 1.82) is 0 Å². The largest absolute Gasteiger partial charge is 0.469 e. The molecule has 1 atom stereocenters. The lowest BCUT2D eigenvalue weighted by molar-refractivity contribution is 0.469. The lowest BCUT2D eigenvalue weighted by Crippen LogP contribution is -2.22. The summed E-state index contributed by atoms with van der Waals surface area (Å²) in [6.45, 7) is 9.16. The Kier molecular flexibility index (Phi) is 5.94. The van der Waals surface area contributed by atoms with Gasteiger partial charge in [0.25, 0.3) is 0 Å². The Morgan fingerprint density at radius 1 is 1.50 bits per heavy atom. The predicted octanol–water partition coefficient (Wildman–Crippen LogP) is 3.85. The van der Waals surface area contributed by atoms with Crippen molar-refractivity contribution in [1.82, 2.24) is 5.32 Å². The van der Waals surface area contributed by atoms with Crippen LogP contribution >= 0.6 is 0 Å². The first kappa shape index (κ1) is 13.0. The molecule has 1 rings (SSSR count). The molecule has 0 bridgehead atoms. The van der Waals surface area contributed by atoms with E-state index in [2.05, 4.69) is 31.8 Å². The van der Waals surface area contributed by atoms with Gasteiger partial charge >= 0.3 is 0 Å². The maximum Gasteiger partial charge on any atom is 0.108 e. The monoisotopic (exact) mass is 221 g/mol. The number of hydrogen-bond acceptors (Lipinski definition) is 2. The van der Waals surface area contributed by atoms with Gasteiger partial charge in [0.15, 0.2) is 0 Å². The fourth-order valence-electron chi connectivity index (χ4n) is 1.92. The van der Waals surface area contributed by atoms with E-state index in [9.17, 15) is 0 Å². The maximum atomic E-state index is 5.49. The molecule has 0 amide bonds. The molecule has 0 saturated carbocycles. The number of allylic oxidation sites excluding steroid dienone is 1. The van der Waals surface area contributed by atoms with Crippen molar-refractivity contribution in [2.24, 2.45) is 0 Å². The van der Waals surface area contributed by atoms with E-state index < -0.39 is 0 Å². The first-order chi connectivity index (χ1) is 7.83. The van der Waals surface area contributed by atoms with Crippen LogP contribution in [0.4, 0.5) is 0 Å². The quantitative estimate of drug-likeness (QED) is 0.674. The van der Waals surface area contributed by atoms with E-state index in [-0.39, 0.29) is 0 Å². The SMILES string of the molecule is C=CCCC(NCCC)c1ccoc1CC. The Labute approximate surface area is 98.7 Å². The molecular formula is C14H23NO. The summed E-state index contributed by atoms with van der Waals surface area (Å²) in [5, 5.41) is 3.57. The van der Waals surface area contributed by atoms with Gasteiger partial charge < -0.3 is 9.73 Å². The van der Waals surface area contributed by atoms with Gasteiger partial charge in [-0.15, -0.1) is 6.58 Å². The Morgan fingerprint density at radius 3 is 2.94 bits per heavy atom. The van der Waals surface area contributed by atoms with Crippen LogP contribution in [0.1, 0.15) is 50.5 Å². The molecule has 2 nitrogen and oxygen atoms in total. The highest BCUT2D eigenvalue weighted by Crippen LogP contribution is 2.24. The zero-order valence-corrected chi connectivity index (χ0v) is 10.5. The van der Waals surface area contributed by atoms with E-state index in [1.807, 2.05) is 6.08 Å². The highest BCUT2D eigenvalue weighted by molar-refractivity contribution is 5.21. The first-order valence-electron chi connectivity index (χ1n) is 6.24. The van der Waals surface area contributed by atoms with Crippen molar-refractivity contribution in [2.45, 2.75) is 45.6 Å². The zero-order chi connectivity index (χ0) is 11.8. The standard InChI is InChI=1S/C14H23NO/c1-4-7-8-13(15-10-5-2)12-9-11-16-14(12)6-3/h4,9,11,13,15H,1,5-8,10H2,2-3H3. The molecular weight excluding hydrogens is 198 g/mol. The molecule has 0 fully saturated rings. The molecule has 0 saturated heterocycles. The van der Waals surface area contributed by atoms with Gasteiger partial charge in [0.05, 0.1) is 6.26 Å². The van der Waals surface area contributed by atoms with Crippen LogP contribution in [-0.4, -0.2) is 6.54 Å². The normalized spacial score (nSPS) is 12.6. The second-order valence-electron chi connectivity index (χ2n) is 4.03. The molecule has 1 aromatic heterocycles. The molecule has 0 radical (unpaired) electrons. The zero-order valence-electron chi connectivity index (χ0n) is 10.5. The van der Waals surface area contributed by atoms with Crippen LogP contribution < -0.4 is 5.32 Å². The molecule has 0 aliphatic heterocycles. The molecule has 0 aromatic carbocycles. The number of furan rings is 1. The molecule has 1 N–H and O–H groups in total. The van der Waals surface area contributed by atoms with Crippen LogP contribution in [0.5, 0.6) is 0 Å². The highest BCUT2D eigenvalue weighted by atomic mass is 16.3. The van der Waals surface area contributed by atoms with Crippen LogP contribution in [0.15, 0.2) is 29.4 Å². The Bertz CT molecular complexity index is 303. The van der Waals surface area contributed by atoms with E-state index in [1.165, 1.54) is 5.56 Å². The third-order valence-corrected chi connectivity index (χ3v) is 2.78. The second kappa shape index (κ2) is 7.29. The van der Waals surface area contributed by atoms with Crippen molar-refractivity contribution in [3.63, 3.8) is 0 Å². The van der Waals surface area contributed by atoms with Gasteiger partial charge in [-0.05, 0) is 31.9 Å². The maximum absolute atomic E-state index is 5.49. The van der Waals surface area contributed by atoms with E-state index in [1.54, 1.807) is 6.26 Å². The lowest BCUT2D eigenvalue weighted by atomic mass is 10.0. The third kappa shape index (κ3) is 3.53. The summed E-state index contributed by atoms with van der Waals surface area (Å²) < 4.78 is 5.49. The molecule has 1 heterocycles. The van der Waals surface area contributed by atoms with Crippen molar-refractivity contribution < 1.29 is 4.42 Å². The minimum Gasteiger partial charge on any atom is -0.469 e. The molecule has 0 spiro atoms. The predicted molar refractivity (Wildman–Crippen MR) is 68.6 cm³/mol. The van der Waals surface area contributed by atoms with Crippen LogP contribution in [0.2, 0.25) is 0 Å². The van der Waals surface area contributed by atoms with E-state index in [0.717, 1.165) is 38.0 Å². The van der Waals surface area contributed by atoms with E-state index in [4.69, 9.17) is 4.42 Å². The minimum atomic E-state index is 0.409. The highest BCUT2D eigenvalue weighted by Gasteiger charge is 2.15. The number of rotatable bonds is 8. The lowest BCUT2D eigenvalue weighted by Gasteiger charge is -2.17. The van der Waals surface area contributed by atoms with Crippen molar-refractivity contribution in [3.8, 4) is 0 Å². The fourth-order valence-corrected chi connectivity index (χ4v) is 1.92. The van der Waals surface area contributed by atoms with Crippen molar-refractivity contribution in [3.05, 3.63) is 36.3 Å². The van der Waals surface area contributed by atoms with Crippen LogP contribution in [0, 0.1) is 0 Å². The average Bonchev–Trinajstić information content (AvgIpc) is 2.77. The number of aryl methyl sites for hydroxylation is 1. The topological polar surface area (TPSA) is 25.2 Å².